The third kappa shape index (κ3) is 1.46. The molecule has 1 saturated heterocycles. The molecular formula is C6H13NO3. The van der Waals surface area contributed by atoms with Crippen molar-refractivity contribution in [1.82, 2.24) is 0 Å². The number of nitrogens with two attached hydrogens (primary N) is 1. The Kier molecular flexibility index (Phi) is 2.25. The molecule has 4 N–H and O–H groups in total. The molecule has 1 heterocycles. The van der Waals surface area contributed by atoms with Crippen LogP contribution in [0.4, 0.5) is 0 Å². The monoisotopic (exact) mass is 147 g/mol. The molecule has 1 aliphatic rings. The molecule has 0 bridgehead atoms. The van der Waals surface area contributed by atoms with Crippen LogP contribution in [0.1, 0.15) is 13.3 Å². The second-order valence-corrected chi connectivity index (χ2v) is 2.69. The topological polar surface area (TPSA) is 75.7 Å². The fourth-order valence-electron chi connectivity index (χ4n) is 1.10. The molecule has 4 nitrogen and oxygen atoms in total. The minimum atomic E-state index is -0.812. The number of aliphatic hydroxyl groups excluding tert-OH is 2. The third-order valence-electron chi connectivity index (χ3n) is 1.77. The molecule has 4 atom stereocenters. The van der Waals surface area contributed by atoms with Crippen LogP contribution < -0.4 is 5.73 Å². The van der Waals surface area contributed by atoms with Crippen molar-refractivity contribution in [2.75, 3.05) is 0 Å². The van der Waals surface area contributed by atoms with Gasteiger partial charge in [0.1, 0.15) is 0 Å². The quantitative estimate of drug-likeness (QED) is 0.402. The highest BCUT2D eigenvalue weighted by Crippen LogP contribution is 2.16. The number of hydrogen-bond acceptors (Lipinski definition) is 4. The molecule has 1 fully saturated rings. The second kappa shape index (κ2) is 2.84. The average Bonchev–Trinajstić information content (AvgIpc) is 1.82. The van der Waals surface area contributed by atoms with Crippen molar-refractivity contribution >= 4 is 0 Å². The Bertz CT molecular complexity index is 108. The van der Waals surface area contributed by atoms with Gasteiger partial charge in [-0.1, -0.05) is 0 Å². The van der Waals surface area contributed by atoms with Gasteiger partial charge in [0.05, 0.1) is 12.2 Å². The van der Waals surface area contributed by atoms with Gasteiger partial charge in [0.25, 0.3) is 0 Å². The zero-order valence-electron chi connectivity index (χ0n) is 5.90. The fraction of sp³-hybridized carbons (Fsp3) is 1.00. The first kappa shape index (κ1) is 7.94. The molecule has 0 amide bonds. The van der Waals surface area contributed by atoms with Crippen molar-refractivity contribution in [1.29, 1.82) is 0 Å². The molecule has 0 spiro atoms. The minimum Gasteiger partial charge on any atom is -0.389 e. The summed E-state index contributed by atoms with van der Waals surface area (Å²) in [6.45, 7) is 1.69. The summed E-state index contributed by atoms with van der Waals surface area (Å²) in [5, 5.41) is 18.2. The van der Waals surface area contributed by atoms with Crippen molar-refractivity contribution in [3.8, 4) is 0 Å². The summed E-state index contributed by atoms with van der Waals surface area (Å²) in [5.41, 5.74) is 5.47. The standard InChI is InChI=1S/C6H13NO3/c1-3-6(9)4(7)2-5(8)10-3/h3-6,8-9H,2,7H2,1H3/t3-,4-,5?,6-/m0/s1. The summed E-state index contributed by atoms with van der Waals surface area (Å²) in [5.74, 6) is 0. The van der Waals surface area contributed by atoms with Crippen LogP contribution in [0.2, 0.25) is 0 Å². The van der Waals surface area contributed by atoms with Crippen molar-refractivity contribution in [3.63, 3.8) is 0 Å². The Labute approximate surface area is 59.6 Å². The van der Waals surface area contributed by atoms with Crippen LogP contribution in [0.15, 0.2) is 0 Å². The molecule has 10 heavy (non-hydrogen) atoms. The first-order valence-corrected chi connectivity index (χ1v) is 3.38. The van der Waals surface area contributed by atoms with E-state index in [0.717, 1.165) is 0 Å². The summed E-state index contributed by atoms with van der Waals surface area (Å²) in [7, 11) is 0. The van der Waals surface area contributed by atoms with Crippen LogP contribution in [0.25, 0.3) is 0 Å². The summed E-state index contributed by atoms with van der Waals surface area (Å²) >= 11 is 0. The van der Waals surface area contributed by atoms with Crippen LogP contribution in [-0.2, 0) is 4.74 Å². The van der Waals surface area contributed by atoms with Crippen molar-refractivity contribution in [2.45, 2.75) is 37.9 Å². The highest BCUT2D eigenvalue weighted by atomic mass is 16.6. The van der Waals surface area contributed by atoms with E-state index in [0.29, 0.717) is 6.42 Å². The van der Waals surface area contributed by atoms with E-state index in [9.17, 15) is 5.11 Å². The molecule has 60 valence electrons. The molecule has 4 heteroatoms. The van der Waals surface area contributed by atoms with Crippen molar-refractivity contribution < 1.29 is 14.9 Å². The van der Waals surface area contributed by atoms with Gasteiger partial charge < -0.3 is 20.7 Å². The maximum atomic E-state index is 9.20. The lowest BCUT2D eigenvalue weighted by molar-refractivity contribution is -0.198. The largest absolute Gasteiger partial charge is 0.389 e. The lowest BCUT2D eigenvalue weighted by Crippen LogP contribution is -2.51. The van der Waals surface area contributed by atoms with E-state index in [4.69, 9.17) is 15.6 Å². The molecule has 1 rings (SSSR count). The zero-order chi connectivity index (χ0) is 7.72. The zero-order valence-corrected chi connectivity index (χ0v) is 5.90. The Balaban J connectivity index is 2.49. The van der Waals surface area contributed by atoms with E-state index in [2.05, 4.69) is 0 Å². The maximum absolute atomic E-state index is 9.20. The van der Waals surface area contributed by atoms with Crippen molar-refractivity contribution in [2.24, 2.45) is 5.73 Å². The van der Waals surface area contributed by atoms with Gasteiger partial charge in [-0.05, 0) is 6.92 Å². The molecule has 0 radical (unpaired) electrons. The second-order valence-electron chi connectivity index (χ2n) is 2.69. The van der Waals surface area contributed by atoms with Crippen LogP contribution in [0.3, 0.4) is 0 Å². The molecule has 0 aromatic heterocycles. The number of ether oxygens (including phenoxy) is 1. The van der Waals surface area contributed by atoms with Crippen molar-refractivity contribution in [3.05, 3.63) is 0 Å². The first-order valence-electron chi connectivity index (χ1n) is 3.38. The number of hydrogen-bond donors (Lipinski definition) is 3. The maximum Gasteiger partial charge on any atom is 0.156 e. The van der Waals surface area contributed by atoms with E-state index in [-0.39, 0.29) is 12.1 Å². The Morgan fingerprint density at radius 2 is 2.10 bits per heavy atom. The third-order valence-corrected chi connectivity index (χ3v) is 1.77. The van der Waals surface area contributed by atoms with Gasteiger partial charge in [-0.25, -0.2) is 0 Å². The summed E-state index contributed by atoms with van der Waals surface area (Å²) in [6.07, 6.45) is -1.51. The molecule has 0 aliphatic carbocycles. The highest BCUT2D eigenvalue weighted by molar-refractivity contribution is 4.82. The summed E-state index contributed by atoms with van der Waals surface area (Å²) in [4.78, 5) is 0. The van der Waals surface area contributed by atoms with Gasteiger partial charge in [0.2, 0.25) is 0 Å². The SMILES string of the molecule is C[C@@H]1OC(O)C[C@H](N)[C@H]1O. The summed E-state index contributed by atoms with van der Waals surface area (Å²) < 4.78 is 4.89. The molecule has 1 unspecified atom stereocenters. The molecule has 0 saturated carbocycles. The van der Waals surface area contributed by atoms with Gasteiger partial charge >= 0.3 is 0 Å². The van der Waals surface area contributed by atoms with Crippen LogP contribution in [-0.4, -0.2) is 34.8 Å². The Morgan fingerprint density at radius 3 is 2.60 bits per heavy atom. The Hall–Kier alpha value is -0.160. The average molecular weight is 147 g/mol. The van der Waals surface area contributed by atoms with E-state index in [1.165, 1.54) is 0 Å². The van der Waals surface area contributed by atoms with E-state index in [1.54, 1.807) is 6.92 Å². The van der Waals surface area contributed by atoms with E-state index < -0.39 is 12.4 Å². The normalized spacial score (nSPS) is 49.2. The highest BCUT2D eigenvalue weighted by Gasteiger charge is 2.31. The van der Waals surface area contributed by atoms with Crippen LogP contribution >= 0.6 is 0 Å². The molecule has 1 aliphatic heterocycles. The van der Waals surface area contributed by atoms with E-state index >= 15 is 0 Å². The first-order chi connectivity index (χ1) is 4.61. The lowest BCUT2D eigenvalue weighted by atomic mass is 10.0. The van der Waals surface area contributed by atoms with Gasteiger partial charge in [0.15, 0.2) is 6.29 Å². The smallest absolute Gasteiger partial charge is 0.156 e. The van der Waals surface area contributed by atoms with Gasteiger partial charge in [-0.3, -0.25) is 0 Å². The van der Waals surface area contributed by atoms with Gasteiger partial charge in [-0.15, -0.1) is 0 Å². The van der Waals surface area contributed by atoms with Gasteiger partial charge in [0, 0.05) is 12.5 Å². The lowest BCUT2D eigenvalue weighted by Gasteiger charge is -2.33. The number of rotatable bonds is 0. The van der Waals surface area contributed by atoms with Gasteiger partial charge in [-0.2, -0.15) is 0 Å². The van der Waals surface area contributed by atoms with Crippen LogP contribution in [0, 0.1) is 0 Å². The molecule has 0 aromatic carbocycles. The minimum absolute atomic E-state index is 0.311. The summed E-state index contributed by atoms with van der Waals surface area (Å²) in [6, 6.07) is -0.362. The van der Waals surface area contributed by atoms with E-state index in [1.807, 2.05) is 0 Å². The molecular weight excluding hydrogens is 134 g/mol. The number of aliphatic hydroxyl groups is 2. The van der Waals surface area contributed by atoms with Crippen LogP contribution in [0.5, 0.6) is 0 Å². The predicted molar refractivity (Wildman–Crippen MR) is 35.2 cm³/mol. The molecule has 0 aromatic rings. The predicted octanol–water partition coefficient (Wildman–Crippen LogP) is -1.20. The Morgan fingerprint density at radius 1 is 1.50 bits per heavy atom. The fourth-order valence-corrected chi connectivity index (χ4v) is 1.10.